The SMILES string of the molecule is O=C(CCC1CCCNC1)Nc1cccc(C(=O)O)c1. The van der Waals surface area contributed by atoms with Crippen LogP contribution in [0.4, 0.5) is 5.69 Å². The summed E-state index contributed by atoms with van der Waals surface area (Å²) in [5, 5.41) is 15.0. The average Bonchev–Trinajstić information content (AvgIpc) is 2.46. The van der Waals surface area contributed by atoms with Gasteiger partial charge in [0.25, 0.3) is 0 Å². The summed E-state index contributed by atoms with van der Waals surface area (Å²) in [6.45, 7) is 2.06. The molecule has 1 heterocycles. The molecule has 1 aliphatic rings. The molecule has 0 aliphatic carbocycles. The number of anilines is 1. The predicted octanol–water partition coefficient (Wildman–Crippen LogP) is 2.10. The maximum Gasteiger partial charge on any atom is 0.335 e. The number of carbonyl (C=O) groups excluding carboxylic acids is 1. The molecule has 0 aromatic heterocycles. The van der Waals surface area contributed by atoms with Crippen LogP contribution in [0.3, 0.4) is 0 Å². The van der Waals surface area contributed by atoms with E-state index in [-0.39, 0.29) is 11.5 Å². The van der Waals surface area contributed by atoms with E-state index in [2.05, 4.69) is 10.6 Å². The molecular formula is C15H20N2O3. The zero-order chi connectivity index (χ0) is 14.4. The summed E-state index contributed by atoms with van der Waals surface area (Å²) < 4.78 is 0. The molecule has 0 spiro atoms. The first-order chi connectivity index (χ1) is 9.65. The maximum absolute atomic E-state index is 11.9. The highest BCUT2D eigenvalue weighted by atomic mass is 16.4. The molecule has 1 amide bonds. The Morgan fingerprint density at radius 3 is 2.95 bits per heavy atom. The first-order valence-corrected chi connectivity index (χ1v) is 6.99. The zero-order valence-electron chi connectivity index (χ0n) is 11.4. The summed E-state index contributed by atoms with van der Waals surface area (Å²) in [6, 6.07) is 6.31. The Morgan fingerprint density at radius 1 is 1.40 bits per heavy atom. The van der Waals surface area contributed by atoms with Crippen LogP contribution in [0, 0.1) is 5.92 Å². The van der Waals surface area contributed by atoms with Gasteiger partial charge in [0.15, 0.2) is 0 Å². The molecule has 1 fully saturated rings. The number of carbonyl (C=O) groups is 2. The molecule has 1 aliphatic heterocycles. The summed E-state index contributed by atoms with van der Waals surface area (Å²) in [7, 11) is 0. The van der Waals surface area contributed by atoms with Gasteiger partial charge in [-0.15, -0.1) is 0 Å². The van der Waals surface area contributed by atoms with Crippen LogP contribution in [0.5, 0.6) is 0 Å². The standard InChI is InChI=1S/C15H20N2O3/c18-14(7-6-11-3-2-8-16-10-11)17-13-5-1-4-12(9-13)15(19)20/h1,4-5,9,11,16H,2-3,6-8,10H2,(H,17,18)(H,19,20). The van der Waals surface area contributed by atoms with Gasteiger partial charge in [0.1, 0.15) is 0 Å². The van der Waals surface area contributed by atoms with Crippen LogP contribution in [0.2, 0.25) is 0 Å². The Labute approximate surface area is 118 Å². The smallest absolute Gasteiger partial charge is 0.335 e. The fourth-order valence-electron chi connectivity index (χ4n) is 2.46. The highest BCUT2D eigenvalue weighted by Crippen LogP contribution is 2.17. The van der Waals surface area contributed by atoms with Gasteiger partial charge in [-0.25, -0.2) is 4.79 Å². The lowest BCUT2D eigenvalue weighted by molar-refractivity contribution is -0.116. The summed E-state index contributed by atoms with van der Waals surface area (Å²) >= 11 is 0. The molecule has 0 radical (unpaired) electrons. The van der Waals surface area contributed by atoms with Crippen LogP contribution in [-0.4, -0.2) is 30.1 Å². The molecule has 1 aromatic carbocycles. The van der Waals surface area contributed by atoms with Crippen molar-refractivity contribution >= 4 is 17.6 Å². The fraction of sp³-hybridized carbons (Fsp3) is 0.467. The monoisotopic (exact) mass is 276 g/mol. The molecule has 1 unspecified atom stereocenters. The molecule has 108 valence electrons. The number of benzene rings is 1. The topological polar surface area (TPSA) is 78.4 Å². The van der Waals surface area contributed by atoms with Crippen molar-refractivity contribution in [2.75, 3.05) is 18.4 Å². The summed E-state index contributed by atoms with van der Waals surface area (Å²) in [6.07, 6.45) is 3.70. The molecule has 0 bridgehead atoms. The van der Waals surface area contributed by atoms with E-state index in [1.165, 1.54) is 25.0 Å². The minimum absolute atomic E-state index is 0.0573. The Balaban J connectivity index is 1.81. The van der Waals surface area contributed by atoms with Crippen LogP contribution in [0.25, 0.3) is 0 Å². The lowest BCUT2D eigenvalue weighted by atomic mass is 9.94. The lowest BCUT2D eigenvalue weighted by Crippen LogP contribution is -2.30. The second-order valence-corrected chi connectivity index (χ2v) is 5.19. The second kappa shape index (κ2) is 7.05. The fourth-order valence-corrected chi connectivity index (χ4v) is 2.46. The largest absolute Gasteiger partial charge is 0.478 e. The van der Waals surface area contributed by atoms with E-state index in [0.29, 0.717) is 18.0 Å². The second-order valence-electron chi connectivity index (χ2n) is 5.19. The van der Waals surface area contributed by atoms with E-state index in [1.54, 1.807) is 12.1 Å². The normalized spacial score (nSPS) is 18.5. The average molecular weight is 276 g/mol. The lowest BCUT2D eigenvalue weighted by Gasteiger charge is -2.22. The van der Waals surface area contributed by atoms with Crippen molar-refractivity contribution in [1.82, 2.24) is 5.32 Å². The molecule has 5 heteroatoms. The first kappa shape index (κ1) is 14.5. The van der Waals surface area contributed by atoms with Gasteiger partial charge in [0, 0.05) is 12.1 Å². The number of carboxylic acid groups (broad SMARTS) is 1. The van der Waals surface area contributed by atoms with E-state index in [9.17, 15) is 9.59 Å². The van der Waals surface area contributed by atoms with Crippen molar-refractivity contribution in [2.24, 2.45) is 5.92 Å². The molecule has 2 rings (SSSR count). The molecule has 3 N–H and O–H groups in total. The van der Waals surface area contributed by atoms with Gasteiger partial charge in [-0.1, -0.05) is 6.07 Å². The minimum atomic E-state index is -0.991. The minimum Gasteiger partial charge on any atom is -0.478 e. The highest BCUT2D eigenvalue weighted by Gasteiger charge is 2.14. The van der Waals surface area contributed by atoms with Crippen molar-refractivity contribution in [3.63, 3.8) is 0 Å². The molecule has 20 heavy (non-hydrogen) atoms. The Bertz CT molecular complexity index is 482. The third-order valence-corrected chi connectivity index (χ3v) is 3.57. The van der Waals surface area contributed by atoms with E-state index < -0.39 is 5.97 Å². The van der Waals surface area contributed by atoms with Gasteiger partial charge in [0.05, 0.1) is 5.56 Å². The molecule has 0 saturated carbocycles. The third kappa shape index (κ3) is 4.35. The van der Waals surface area contributed by atoms with Crippen LogP contribution >= 0.6 is 0 Å². The van der Waals surface area contributed by atoms with Gasteiger partial charge in [-0.3, -0.25) is 4.79 Å². The van der Waals surface area contributed by atoms with E-state index >= 15 is 0 Å². The highest BCUT2D eigenvalue weighted by molar-refractivity contribution is 5.93. The first-order valence-electron chi connectivity index (χ1n) is 6.99. The van der Waals surface area contributed by atoms with Crippen molar-refractivity contribution in [3.05, 3.63) is 29.8 Å². The van der Waals surface area contributed by atoms with Crippen LogP contribution in [0.1, 0.15) is 36.0 Å². The van der Waals surface area contributed by atoms with Crippen LogP contribution in [0.15, 0.2) is 24.3 Å². The Hall–Kier alpha value is -1.88. The maximum atomic E-state index is 11.9. The summed E-state index contributed by atoms with van der Waals surface area (Å²) in [5.41, 5.74) is 0.718. The van der Waals surface area contributed by atoms with Crippen molar-refractivity contribution in [3.8, 4) is 0 Å². The molecule has 1 aromatic rings. The Morgan fingerprint density at radius 2 is 2.25 bits per heavy atom. The number of rotatable bonds is 5. The predicted molar refractivity (Wildman–Crippen MR) is 76.9 cm³/mol. The number of amides is 1. The summed E-state index contributed by atoms with van der Waals surface area (Å²) in [5.74, 6) is -0.479. The Kier molecular flexibility index (Phi) is 5.12. The van der Waals surface area contributed by atoms with E-state index in [0.717, 1.165) is 19.5 Å². The van der Waals surface area contributed by atoms with Gasteiger partial charge in [-0.2, -0.15) is 0 Å². The quantitative estimate of drug-likeness (QED) is 0.769. The molecule has 5 nitrogen and oxygen atoms in total. The molecule has 1 saturated heterocycles. The zero-order valence-corrected chi connectivity index (χ0v) is 11.4. The summed E-state index contributed by atoms with van der Waals surface area (Å²) in [4.78, 5) is 22.7. The number of carboxylic acids is 1. The molecular weight excluding hydrogens is 256 g/mol. The number of nitrogens with one attached hydrogen (secondary N) is 2. The van der Waals surface area contributed by atoms with E-state index in [4.69, 9.17) is 5.11 Å². The van der Waals surface area contributed by atoms with Crippen molar-refractivity contribution in [2.45, 2.75) is 25.7 Å². The van der Waals surface area contributed by atoms with Crippen LogP contribution in [-0.2, 0) is 4.79 Å². The number of hydrogen-bond acceptors (Lipinski definition) is 3. The number of aromatic carboxylic acids is 1. The van der Waals surface area contributed by atoms with E-state index in [1.807, 2.05) is 0 Å². The number of hydrogen-bond donors (Lipinski definition) is 3. The van der Waals surface area contributed by atoms with Gasteiger partial charge in [0.2, 0.25) is 5.91 Å². The number of piperidine rings is 1. The molecule has 1 atom stereocenters. The van der Waals surface area contributed by atoms with Crippen molar-refractivity contribution in [1.29, 1.82) is 0 Å². The van der Waals surface area contributed by atoms with Crippen molar-refractivity contribution < 1.29 is 14.7 Å². The van der Waals surface area contributed by atoms with Gasteiger partial charge >= 0.3 is 5.97 Å². The van der Waals surface area contributed by atoms with Crippen LogP contribution < -0.4 is 10.6 Å². The van der Waals surface area contributed by atoms with Gasteiger partial charge < -0.3 is 15.7 Å². The third-order valence-electron chi connectivity index (χ3n) is 3.57. The van der Waals surface area contributed by atoms with Gasteiger partial charge in [-0.05, 0) is 56.5 Å².